The first-order valence-electron chi connectivity index (χ1n) is 10.2. The van der Waals surface area contributed by atoms with Crippen LogP contribution in [-0.4, -0.2) is 24.4 Å². The number of allylic oxidation sites excluding steroid dienone is 1. The van der Waals surface area contributed by atoms with Crippen molar-refractivity contribution in [3.05, 3.63) is 95.5 Å². The number of nitrogens with zero attached hydrogens (tertiary/aromatic N) is 1. The molecule has 2 atom stereocenters. The fourth-order valence-electron chi connectivity index (χ4n) is 3.88. The Morgan fingerprint density at radius 1 is 1.00 bits per heavy atom. The molecular weight excluding hydrogens is 453 g/mol. The molecule has 0 amide bonds. The summed E-state index contributed by atoms with van der Waals surface area (Å²) in [7, 11) is -5.48. The van der Waals surface area contributed by atoms with Crippen LogP contribution in [0.4, 0.5) is 13.2 Å². The average molecular weight is 477 g/mol. The molecule has 1 aliphatic carbocycles. The van der Waals surface area contributed by atoms with Crippen molar-refractivity contribution in [2.24, 2.45) is 0 Å². The number of aromatic nitrogens is 1. The summed E-state index contributed by atoms with van der Waals surface area (Å²) in [6.07, 6.45) is 8.20. The number of nitrogens with one attached hydrogen (secondary N) is 3. The van der Waals surface area contributed by atoms with Gasteiger partial charge in [-0.05, 0) is 43.5 Å². The zero-order valence-corrected chi connectivity index (χ0v) is 18.8. The maximum absolute atomic E-state index is 12.8. The van der Waals surface area contributed by atoms with Gasteiger partial charge in [-0.3, -0.25) is 4.98 Å². The normalized spacial score (nSPS) is 25.4. The van der Waals surface area contributed by atoms with Gasteiger partial charge in [-0.15, -0.1) is 0 Å². The summed E-state index contributed by atoms with van der Waals surface area (Å²) in [5.74, 6) is 0. The molecule has 3 N–H and O–H groups in total. The highest BCUT2D eigenvalue weighted by atomic mass is 32.2. The summed E-state index contributed by atoms with van der Waals surface area (Å²) in [4.78, 5) is 4.07. The summed E-state index contributed by atoms with van der Waals surface area (Å²) in [5, 5.41) is 7.04. The van der Waals surface area contributed by atoms with Crippen molar-refractivity contribution in [2.45, 2.75) is 37.0 Å². The quantitative estimate of drug-likeness (QED) is 0.610. The Kier molecular flexibility index (Phi) is 5.61. The van der Waals surface area contributed by atoms with Gasteiger partial charge in [0.1, 0.15) is 5.66 Å². The van der Waals surface area contributed by atoms with E-state index in [-0.39, 0.29) is 6.42 Å². The third-order valence-corrected chi connectivity index (χ3v) is 7.00. The predicted molar refractivity (Wildman–Crippen MR) is 120 cm³/mol. The fraction of sp³-hybridized carbons (Fsp3) is 0.261. The van der Waals surface area contributed by atoms with E-state index in [0.29, 0.717) is 0 Å². The molecular formula is C23H23F3N4O2S. The molecule has 2 aromatic rings. The van der Waals surface area contributed by atoms with Crippen LogP contribution in [0.25, 0.3) is 5.70 Å². The molecule has 2 heterocycles. The van der Waals surface area contributed by atoms with Crippen LogP contribution in [0.2, 0.25) is 0 Å². The molecule has 0 saturated carbocycles. The highest BCUT2D eigenvalue weighted by Crippen LogP contribution is 2.37. The third-order valence-electron chi connectivity index (χ3n) is 5.66. The van der Waals surface area contributed by atoms with E-state index in [1.807, 2.05) is 49.4 Å². The molecule has 1 aromatic heterocycles. The molecule has 0 fully saturated rings. The second-order valence-corrected chi connectivity index (χ2v) is 10.1. The Labute approximate surface area is 190 Å². The Bertz CT molecular complexity index is 1240. The smallest absolute Gasteiger partial charge is 0.357 e. The Morgan fingerprint density at radius 2 is 1.64 bits per heavy atom. The molecule has 0 saturated heterocycles. The van der Waals surface area contributed by atoms with Gasteiger partial charge in [0.15, 0.2) is 0 Å². The van der Waals surface area contributed by atoms with Gasteiger partial charge in [0, 0.05) is 18.0 Å². The van der Waals surface area contributed by atoms with Crippen molar-refractivity contribution >= 4 is 15.7 Å². The van der Waals surface area contributed by atoms with Gasteiger partial charge in [-0.25, -0.2) is 8.42 Å². The number of hydrogen-bond donors (Lipinski definition) is 3. The maximum atomic E-state index is 12.8. The van der Waals surface area contributed by atoms with Gasteiger partial charge in [0.2, 0.25) is 0 Å². The van der Waals surface area contributed by atoms with Crippen LogP contribution in [0.5, 0.6) is 0 Å². The second kappa shape index (κ2) is 8.03. The van der Waals surface area contributed by atoms with Crippen LogP contribution < -0.4 is 15.4 Å². The van der Waals surface area contributed by atoms with Crippen LogP contribution in [0, 0.1) is 0 Å². The summed E-state index contributed by atoms with van der Waals surface area (Å²) in [5.41, 5.74) is -3.24. The lowest BCUT2D eigenvalue weighted by Crippen LogP contribution is -2.49. The van der Waals surface area contributed by atoms with Crippen molar-refractivity contribution < 1.29 is 21.6 Å². The lowest BCUT2D eigenvalue weighted by molar-refractivity contribution is -0.0453. The van der Waals surface area contributed by atoms with E-state index in [4.69, 9.17) is 0 Å². The van der Waals surface area contributed by atoms with Crippen LogP contribution in [0.15, 0.2) is 84.4 Å². The van der Waals surface area contributed by atoms with Crippen LogP contribution in [-0.2, 0) is 15.7 Å². The van der Waals surface area contributed by atoms with E-state index >= 15 is 0 Å². The van der Waals surface area contributed by atoms with E-state index < -0.39 is 26.7 Å². The summed E-state index contributed by atoms with van der Waals surface area (Å²) >= 11 is 0. The minimum atomic E-state index is -5.48. The highest BCUT2D eigenvalue weighted by molar-refractivity contribution is 7.90. The number of halogens is 3. The van der Waals surface area contributed by atoms with Crippen molar-refractivity contribution in [3.63, 3.8) is 0 Å². The number of alkyl halides is 3. The minimum absolute atomic E-state index is 0.0466. The van der Waals surface area contributed by atoms with Gasteiger partial charge in [-0.1, -0.05) is 48.6 Å². The van der Waals surface area contributed by atoms with Crippen LogP contribution in [0.1, 0.15) is 31.4 Å². The molecule has 174 valence electrons. The maximum Gasteiger partial charge on any atom is 0.511 e. The van der Waals surface area contributed by atoms with Crippen molar-refractivity contribution in [3.8, 4) is 0 Å². The van der Waals surface area contributed by atoms with Gasteiger partial charge in [-0.2, -0.15) is 17.9 Å². The van der Waals surface area contributed by atoms with Gasteiger partial charge >= 0.3 is 15.5 Å². The van der Waals surface area contributed by atoms with Crippen LogP contribution >= 0.6 is 0 Å². The van der Waals surface area contributed by atoms with E-state index in [0.717, 1.165) is 28.1 Å². The lowest BCUT2D eigenvalue weighted by atomic mass is 9.90. The third kappa shape index (κ3) is 4.53. The minimum Gasteiger partial charge on any atom is -0.357 e. The molecule has 6 nitrogen and oxygen atoms in total. The van der Waals surface area contributed by atoms with Crippen molar-refractivity contribution in [1.82, 2.24) is 20.3 Å². The molecule has 0 spiro atoms. The largest absolute Gasteiger partial charge is 0.511 e. The Balaban J connectivity index is 1.67. The topological polar surface area (TPSA) is 83.1 Å². The number of rotatable bonds is 5. The van der Waals surface area contributed by atoms with E-state index in [2.05, 4.69) is 15.6 Å². The summed E-state index contributed by atoms with van der Waals surface area (Å²) in [6.45, 7) is 3.40. The van der Waals surface area contributed by atoms with Crippen molar-refractivity contribution in [2.75, 3.05) is 0 Å². The molecule has 1 aliphatic heterocycles. The average Bonchev–Trinajstić information content (AvgIpc) is 3.13. The lowest BCUT2D eigenvalue weighted by Gasteiger charge is -2.31. The SMILES string of the molecule is CC1(NS(=O)(=O)C(F)(F)F)C=CC(C2=C(c3ccncc3)NC(C)(c3ccccc3)N2)=CC1. The first kappa shape index (κ1) is 23.1. The standard InChI is InChI=1S/C23H23F3N4O2S/c1-21(30-33(31,32)23(24,25)26)12-8-16(9-13-21)19-20(17-10-14-27-15-11-17)29-22(2,28-19)18-6-4-3-5-7-18/h3-12,14-15,28-30H,13H2,1-2H3. The molecule has 0 radical (unpaired) electrons. The van der Waals surface area contributed by atoms with Crippen molar-refractivity contribution in [1.29, 1.82) is 0 Å². The zero-order valence-electron chi connectivity index (χ0n) is 17.9. The first-order chi connectivity index (χ1) is 15.4. The second-order valence-electron chi connectivity index (χ2n) is 8.39. The predicted octanol–water partition coefficient (Wildman–Crippen LogP) is 3.90. The molecule has 0 bridgehead atoms. The van der Waals surface area contributed by atoms with E-state index in [1.54, 1.807) is 29.3 Å². The molecule has 10 heteroatoms. The molecule has 4 rings (SSSR count). The zero-order chi connectivity index (χ0) is 23.9. The van der Waals surface area contributed by atoms with Gasteiger partial charge in [0.25, 0.3) is 0 Å². The summed E-state index contributed by atoms with van der Waals surface area (Å²) in [6, 6.07) is 13.5. The van der Waals surface area contributed by atoms with E-state index in [9.17, 15) is 21.6 Å². The Morgan fingerprint density at radius 3 is 2.21 bits per heavy atom. The monoisotopic (exact) mass is 476 g/mol. The molecule has 2 unspecified atom stereocenters. The number of pyridine rings is 1. The first-order valence-corrected chi connectivity index (χ1v) is 11.7. The number of sulfonamides is 1. The molecule has 1 aromatic carbocycles. The van der Waals surface area contributed by atoms with E-state index in [1.165, 1.54) is 13.0 Å². The molecule has 33 heavy (non-hydrogen) atoms. The summed E-state index contributed by atoms with van der Waals surface area (Å²) < 4.78 is 63.5. The fourth-order valence-corrected chi connectivity index (χ4v) is 4.76. The number of hydrogen-bond acceptors (Lipinski definition) is 5. The highest BCUT2D eigenvalue weighted by Gasteiger charge is 2.49. The molecule has 2 aliphatic rings. The van der Waals surface area contributed by atoms with Crippen LogP contribution in [0.3, 0.4) is 0 Å². The Hall–Kier alpha value is -3.11. The van der Waals surface area contributed by atoms with Gasteiger partial charge in [0.05, 0.1) is 16.9 Å². The number of benzene rings is 1. The van der Waals surface area contributed by atoms with Gasteiger partial charge < -0.3 is 10.6 Å².